The minimum absolute atomic E-state index is 0.150. The minimum Gasteiger partial charge on any atom is -0.390 e. The number of aliphatic hydroxyl groups excluding tert-OH is 2. The largest absolute Gasteiger partial charge is 0.390 e. The number of amides is 2. The quantitative estimate of drug-likeness (QED) is 0.0332. The van der Waals surface area contributed by atoms with Crippen molar-refractivity contribution in [1.82, 2.24) is 31.1 Å². The van der Waals surface area contributed by atoms with Crippen LogP contribution in [0.4, 0.5) is 0 Å². The van der Waals surface area contributed by atoms with Crippen LogP contribution < -0.4 is 21.3 Å². The van der Waals surface area contributed by atoms with Gasteiger partial charge in [0.05, 0.1) is 12.2 Å². The first-order valence-electron chi connectivity index (χ1n) is 36.1. The van der Waals surface area contributed by atoms with Gasteiger partial charge in [0.25, 0.3) is 0 Å². The number of hydrogen-bond acceptors (Lipinski definition) is 8. The summed E-state index contributed by atoms with van der Waals surface area (Å²) >= 11 is 0. The zero-order valence-electron chi connectivity index (χ0n) is 54.6. The van der Waals surface area contributed by atoms with E-state index in [1.165, 1.54) is 270 Å². The number of aliphatic hydroxyl groups is 2. The molecule has 2 unspecified atom stereocenters. The molecule has 0 spiro atoms. The van der Waals surface area contributed by atoms with Crippen molar-refractivity contribution in [2.45, 2.75) is 361 Å². The van der Waals surface area contributed by atoms with Crippen LogP contribution >= 0.6 is 0 Å². The molecule has 0 radical (unpaired) electrons. The Kier molecular flexibility index (Phi) is 65.7. The molecule has 80 heavy (non-hydrogen) atoms. The molecular weight excluding hydrogens is 989 g/mol. The average molecular weight is 1130 g/mol. The molecule has 0 bridgehead atoms. The molecule has 0 saturated carbocycles. The lowest BCUT2D eigenvalue weighted by Gasteiger charge is -2.27. The van der Waals surface area contributed by atoms with E-state index >= 15 is 0 Å². The van der Waals surface area contributed by atoms with Crippen LogP contribution in [-0.2, 0) is 9.59 Å². The molecular formula is C70H144N6O4. The molecule has 0 aliphatic carbocycles. The van der Waals surface area contributed by atoms with E-state index in [1.54, 1.807) is 0 Å². The maximum atomic E-state index is 12.5. The molecule has 0 aromatic rings. The molecule has 0 aromatic carbocycles. The maximum Gasteiger partial charge on any atom is 0.220 e. The molecule has 0 saturated heterocycles. The first kappa shape index (κ1) is 78.7. The minimum atomic E-state index is -0.439. The Morgan fingerprint density at radius 1 is 0.287 bits per heavy atom. The average Bonchev–Trinajstić information content (AvgIpc) is 3.45. The molecule has 2 atom stereocenters. The second-order valence-corrected chi connectivity index (χ2v) is 25.1. The van der Waals surface area contributed by atoms with Crippen LogP contribution in [0.5, 0.6) is 0 Å². The fourth-order valence-electron chi connectivity index (χ4n) is 11.5. The lowest BCUT2D eigenvalue weighted by Crippen LogP contribution is -2.41. The molecule has 10 nitrogen and oxygen atoms in total. The summed E-state index contributed by atoms with van der Waals surface area (Å²) in [6.45, 7) is 18.7. The lowest BCUT2D eigenvalue weighted by molar-refractivity contribution is -0.122. The van der Waals surface area contributed by atoms with Gasteiger partial charge in [0, 0.05) is 52.1 Å². The van der Waals surface area contributed by atoms with E-state index in [4.69, 9.17) is 0 Å². The Bertz CT molecular complexity index is 1210. The van der Waals surface area contributed by atoms with Gasteiger partial charge in [0.15, 0.2) is 0 Å². The van der Waals surface area contributed by atoms with Gasteiger partial charge in [-0.2, -0.15) is 0 Å². The third-order valence-electron chi connectivity index (χ3n) is 16.8. The number of carbonyl (C=O) groups is 2. The zero-order valence-corrected chi connectivity index (χ0v) is 54.6. The van der Waals surface area contributed by atoms with Gasteiger partial charge in [-0.15, -0.1) is 0 Å². The van der Waals surface area contributed by atoms with Crippen LogP contribution in [0, 0.1) is 0 Å². The highest BCUT2D eigenvalue weighted by Gasteiger charge is 2.15. The summed E-state index contributed by atoms with van der Waals surface area (Å²) in [6, 6.07) is 0. The Labute approximate surface area is 500 Å². The topological polar surface area (TPSA) is 129 Å². The molecule has 0 rings (SSSR count). The summed E-state index contributed by atoms with van der Waals surface area (Å²) in [5, 5.41) is 35.7. The zero-order chi connectivity index (χ0) is 58.1. The summed E-state index contributed by atoms with van der Waals surface area (Å²) in [7, 11) is 0. The summed E-state index contributed by atoms with van der Waals surface area (Å²) in [5.41, 5.74) is 0. The Hall–Kier alpha value is -1.30. The van der Waals surface area contributed by atoms with E-state index in [0.29, 0.717) is 39.0 Å². The lowest BCUT2D eigenvalue weighted by atomic mass is 10.1. The molecule has 0 fully saturated rings. The first-order valence-corrected chi connectivity index (χ1v) is 36.1. The molecule has 2 amide bonds. The number of nitrogens with zero attached hydrogens (tertiary/aromatic N) is 2. The van der Waals surface area contributed by atoms with Crippen molar-refractivity contribution in [3.8, 4) is 0 Å². The third kappa shape index (κ3) is 62.7. The van der Waals surface area contributed by atoms with Gasteiger partial charge in [-0.1, -0.05) is 285 Å². The number of carbonyl (C=O) groups excluding carboxylic acids is 2. The summed E-state index contributed by atoms with van der Waals surface area (Å²) < 4.78 is 0. The van der Waals surface area contributed by atoms with E-state index in [1.807, 2.05) is 0 Å². The summed E-state index contributed by atoms with van der Waals surface area (Å²) in [6.07, 6.45) is 62.3. The van der Waals surface area contributed by atoms with Crippen molar-refractivity contribution >= 4 is 11.8 Å². The van der Waals surface area contributed by atoms with Crippen molar-refractivity contribution in [1.29, 1.82) is 0 Å². The third-order valence-corrected chi connectivity index (χ3v) is 16.8. The number of rotatable bonds is 69. The van der Waals surface area contributed by atoms with Gasteiger partial charge in [-0.3, -0.25) is 9.59 Å². The molecule has 0 heterocycles. The molecule has 10 heteroatoms. The van der Waals surface area contributed by atoms with E-state index in [9.17, 15) is 19.8 Å². The fraction of sp³-hybridized carbons (Fsp3) is 0.971. The van der Waals surface area contributed by atoms with Crippen molar-refractivity contribution < 1.29 is 19.8 Å². The highest BCUT2D eigenvalue weighted by atomic mass is 16.3. The Morgan fingerprint density at radius 3 is 0.750 bits per heavy atom. The van der Waals surface area contributed by atoms with Gasteiger partial charge >= 0.3 is 0 Å². The van der Waals surface area contributed by atoms with Gasteiger partial charge in [-0.25, -0.2) is 0 Å². The van der Waals surface area contributed by atoms with Crippen molar-refractivity contribution in [2.75, 3.05) is 78.5 Å². The SMILES string of the molecule is CCCCCCCCCCCCCCN(CCCCN(CCCCCCCCCCCCCC)CC(O)CNCCCC(=O)NCCCCCCCCCCCCC)CC(O)CNCCCC(=O)NCCCCCCCCCCC. The van der Waals surface area contributed by atoms with E-state index < -0.39 is 12.2 Å². The van der Waals surface area contributed by atoms with Crippen LogP contribution in [-0.4, -0.2) is 123 Å². The van der Waals surface area contributed by atoms with Crippen LogP contribution in [0.1, 0.15) is 349 Å². The van der Waals surface area contributed by atoms with Gasteiger partial charge in [0.1, 0.15) is 0 Å². The Morgan fingerprint density at radius 2 is 0.500 bits per heavy atom. The number of nitrogens with one attached hydrogen (secondary N) is 4. The predicted molar refractivity (Wildman–Crippen MR) is 350 cm³/mol. The van der Waals surface area contributed by atoms with Crippen molar-refractivity contribution in [3.05, 3.63) is 0 Å². The van der Waals surface area contributed by atoms with Crippen LogP contribution in [0.2, 0.25) is 0 Å². The number of unbranched alkanes of at least 4 members (excludes halogenated alkanes) is 41. The molecule has 478 valence electrons. The van der Waals surface area contributed by atoms with E-state index in [-0.39, 0.29) is 11.8 Å². The van der Waals surface area contributed by atoms with Crippen LogP contribution in [0.3, 0.4) is 0 Å². The Balaban J connectivity index is 4.97. The van der Waals surface area contributed by atoms with E-state index in [2.05, 4.69) is 58.8 Å². The summed E-state index contributed by atoms with van der Waals surface area (Å²) in [4.78, 5) is 30.0. The second kappa shape index (κ2) is 66.8. The van der Waals surface area contributed by atoms with Crippen LogP contribution in [0.15, 0.2) is 0 Å². The molecule has 0 aliphatic heterocycles. The summed E-state index contributed by atoms with van der Waals surface area (Å²) in [5.74, 6) is 0.302. The monoisotopic (exact) mass is 1130 g/mol. The predicted octanol–water partition coefficient (Wildman–Crippen LogP) is 17.3. The van der Waals surface area contributed by atoms with Gasteiger partial charge < -0.3 is 41.3 Å². The number of hydrogen-bond donors (Lipinski definition) is 6. The fourth-order valence-corrected chi connectivity index (χ4v) is 11.5. The molecule has 0 aromatic heterocycles. The van der Waals surface area contributed by atoms with E-state index in [0.717, 1.165) is 90.9 Å². The maximum absolute atomic E-state index is 12.5. The van der Waals surface area contributed by atoms with Gasteiger partial charge in [0.2, 0.25) is 11.8 Å². The smallest absolute Gasteiger partial charge is 0.220 e. The second-order valence-electron chi connectivity index (χ2n) is 25.1. The van der Waals surface area contributed by atoms with Crippen molar-refractivity contribution in [2.24, 2.45) is 0 Å². The van der Waals surface area contributed by atoms with Crippen molar-refractivity contribution in [3.63, 3.8) is 0 Å². The highest BCUT2D eigenvalue weighted by Crippen LogP contribution is 2.16. The normalized spacial score (nSPS) is 12.6. The molecule has 6 N–H and O–H groups in total. The standard InChI is InChI=1S/C70H144N6O4/c1-5-9-13-17-21-25-28-31-35-39-43-47-59-75(65-67(77)63-71-55-51-53-69(79)73-57-45-41-37-33-24-20-16-12-8-4)61-49-50-62-76(60-48-44-40-36-32-29-26-22-18-14-10-6-2)66-68(78)64-72-56-52-54-70(80)74-58-46-42-38-34-30-27-23-19-15-11-7-3/h67-68,71-72,77-78H,5-66H2,1-4H3,(H,73,79)(H,74,80). The van der Waals surface area contributed by atoms with Gasteiger partial charge in [-0.05, 0) is 90.6 Å². The highest BCUT2D eigenvalue weighted by molar-refractivity contribution is 5.76. The molecule has 0 aliphatic rings. The first-order chi connectivity index (χ1) is 39.4. The van der Waals surface area contributed by atoms with Crippen LogP contribution in [0.25, 0.3) is 0 Å².